The molecule has 1 N–H and O–H groups in total. The number of hydrogen-bond acceptors (Lipinski definition) is 2. The van der Waals surface area contributed by atoms with Crippen LogP contribution in [0.4, 0.5) is 4.39 Å². The molecule has 0 aliphatic heterocycles. The van der Waals surface area contributed by atoms with E-state index in [0.717, 1.165) is 6.07 Å². The van der Waals surface area contributed by atoms with Crippen LogP contribution in [0.25, 0.3) is 0 Å². The fraction of sp³-hybridized carbons (Fsp3) is 0.500. The Bertz CT molecular complexity index is 541. The van der Waals surface area contributed by atoms with Crippen molar-refractivity contribution in [2.24, 2.45) is 0 Å². The Morgan fingerprint density at radius 2 is 1.94 bits per heavy atom. The maximum absolute atomic E-state index is 13.0. The molecule has 0 aliphatic carbocycles. The zero-order valence-electron chi connectivity index (χ0n) is 10.8. The predicted octanol–water partition coefficient (Wildman–Crippen LogP) is 2.82. The van der Waals surface area contributed by atoms with Gasteiger partial charge in [-0.05, 0) is 51.5 Å². The summed E-state index contributed by atoms with van der Waals surface area (Å²) in [5, 5.41) is -0.381. The second-order valence-corrected chi connectivity index (χ2v) is 7.16. The smallest absolute Gasteiger partial charge is 0.207 e. The summed E-state index contributed by atoms with van der Waals surface area (Å²) in [4.78, 5) is 0.0642. The van der Waals surface area contributed by atoms with Gasteiger partial charge in [-0.2, -0.15) is 0 Å². The van der Waals surface area contributed by atoms with E-state index in [4.69, 9.17) is 11.6 Å². The van der Waals surface area contributed by atoms with E-state index in [9.17, 15) is 12.8 Å². The monoisotopic (exact) mass is 293 g/mol. The first-order valence-corrected chi connectivity index (χ1v) is 7.42. The Labute approximate surface area is 112 Å². The highest BCUT2D eigenvalue weighted by Crippen LogP contribution is 2.21. The van der Waals surface area contributed by atoms with E-state index in [1.54, 1.807) is 27.7 Å². The third-order valence-electron chi connectivity index (χ3n) is 2.82. The zero-order valence-corrected chi connectivity index (χ0v) is 12.4. The van der Waals surface area contributed by atoms with E-state index < -0.39 is 21.4 Å². The minimum atomic E-state index is -3.71. The minimum absolute atomic E-state index is 0.0642. The zero-order chi connectivity index (χ0) is 14.1. The molecule has 0 amide bonds. The summed E-state index contributed by atoms with van der Waals surface area (Å²) in [5.74, 6) is -0.462. The lowest BCUT2D eigenvalue weighted by atomic mass is 10.0. The number of sulfonamides is 1. The van der Waals surface area contributed by atoms with Gasteiger partial charge in [-0.1, -0.05) is 0 Å². The lowest BCUT2D eigenvalue weighted by Gasteiger charge is -2.28. The van der Waals surface area contributed by atoms with E-state index in [0.29, 0.717) is 5.56 Å². The number of aryl methyl sites for hydroxylation is 1. The second-order valence-electron chi connectivity index (χ2n) is 4.85. The van der Waals surface area contributed by atoms with Gasteiger partial charge in [-0.15, -0.1) is 11.6 Å². The molecule has 0 spiro atoms. The van der Waals surface area contributed by atoms with Crippen LogP contribution in [-0.4, -0.2) is 19.3 Å². The largest absolute Gasteiger partial charge is 0.241 e. The Hall–Kier alpha value is -0.650. The molecule has 0 heterocycles. The highest BCUT2D eigenvalue weighted by molar-refractivity contribution is 7.89. The van der Waals surface area contributed by atoms with Gasteiger partial charge in [0.25, 0.3) is 0 Å². The molecule has 0 aromatic heterocycles. The van der Waals surface area contributed by atoms with E-state index in [1.165, 1.54) is 12.1 Å². The standard InChI is InChI=1S/C12H17ClFNO2S/c1-8-7-10(14)5-6-11(8)18(16,17)15-12(3,4)9(2)13/h5-7,9,15H,1-4H3. The van der Waals surface area contributed by atoms with Crippen LogP contribution >= 0.6 is 11.6 Å². The van der Waals surface area contributed by atoms with Gasteiger partial charge in [0.1, 0.15) is 5.82 Å². The number of rotatable bonds is 4. The van der Waals surface area contributed by atoms with Crippen molar-refractivity contribution in [2.45, 2.75) is 43.5 Å². The summed E-state index contributed by atoms with van der Waals surface area (Å²) < 4.78 is 39.9. The van der Waals surface area contributed by atoms with E-state index in [2.05, 4.69) is 4.72 Å². The van der Waals surface area contributed by atoms with Crippen LogP contribution in [0.15, 0.2) is 23.1 Å². The summed E-state index contributed by atoms with van der Waals surface area (Å²) in [5.41, 5.74) is -0.429. The number of hydrogen-bond donors (Lipinski definition) is 1. The average Bonchev–Trinajstić information content (AvgIpc) is 2.14. The van der Waals surface area contributed by atoms with Crippen molar-refractivity contribution in [3.05, 3.63) is 29.6 Å². The number of halogens is 2. The van der Waals surface area contributed by atoms with Crippen LogP contribution in [0, 0.1) is 12.7 Å². The molecule has 1 aromatic rings. The molecule has 18 heavy (non-hydrogen) atoms. The predicted molar refractivity (Wildman–Crippen MR) is 70.9 cm³/mol. The Balaban J connectivity index is 3.15. The first-order chi connectivity index (χ1) is 8.06. The lowest BCUT2D eigenvalue weighted by Crippen LogP contribution is -2.48. The Kier molecular flexibility index (Phi) is 4.41. The van der Waals surface area contributed by atoms with Gasteiger partial charge in [0.05, 0.1) is 4.90 Å². The third-order valence-corrected chi connectivity index (χ3v) is 5.20. The Morgan fingerprint density at radius 1 is 1.39 bits per heavy atom. The van der Waals surface area contributed by atoms with Gasteiger partial charge in [0.15, 0.2) is 0 Å². The number of alkyl halides is 1. The van der Waals surface area contributed by atoms with E-state index in [1.807, 2.05) is 0 Å². The molecule has 0 radical (unpaired) electrons. The molecular weight excluding hydrogens is 277 g/mol. The fourth-order valence-electron chi connectivity index (χ4n) is 1.40. The highest BCUT2D eigenvalue weighted by Gasteiger charge is 2.31. The summed E-state index contributed by atoms with van der Waals surface area (Å²) >= 11 is 5.94. The van der Waals surface area contributed by atoms with Gasteiger partial charge in [-0.3, -0.25) is 0 Å². The molecular formula is C12H17ClFNO2S. The van der Waals surface area contributed by atoms with Crippen molar-refractivity contribution in [1.29, 1.82) is 0 Å². The van der Waals surface area contributed by atoms with Crippen LogP contribution in [0.1, 0.15) is 26.3 Å². The van der Waals surface area contributed by atoms with Gasteiger partial charge < -0.3 is 0 Å². The summed E-state index contributed by atoms with van der Waals surface area (Å²) in [6.07, 6.45) is 0. The fourth-order valence-corrected chi connectivity index (χ4v) is 3.23. The first kappa shape index (κ1) is 15.4. The minimum Gasteiger partial charge on any atom is -0.207 e. The average molecular weight is 294 g/mol. The van der Waals surface area contributed by atoms with Crippen molar-refractivity contribution in [2.75, 3.05) is 0 Å². The first-order valence-electron chi connectivity index (χ1n) is 5.50. The van der Waals surface area contributed by atoms with E-state index >= 15 is 0 Å². The maximum atomic E-state index is 13.0. The van der Waals surface area contributed by atoms with Crippen LogP contribution in [0.3, 0.4) is 0 Å². The van der Waals surface area contributed by atoms with Crippen LogP contribution in [0.2, 0.25) is 0 Å². The quantitative estimate of drug-likeness (QED) is 0.868. The molecule has 0 saturated heterocycles. The normalized spacial score (nSPS) is 14.6. The van der Waals surface area contributed by atoms with Gasteiger partial charge in [-0.25, -0.2) is 17.5 Å². The van der Waals surface area contributed by atoms with Crippen molar-refractivity contribution < 1.29 is 12.8 Å². The summed E-state index contributed by atoms with van der Waals surface area (Å²) in [6, 6.07) is 3.56. The lowest BCUT2D eigenvalue weighted by molar-refractivity contribution is 0.445. The molecule has 3 nitrogen and oxygen atoms in total. The van der Waals surface area contributed by atoms with Crippen LogP contribution < -0.4 is 4.72 Å². The molecule has 0 bridgehead atoms. The Morgan fingerprint density at radius 3 is 2.39 bits per heavy atom. The molecule has 1 rings (SSSR count). The van der Waals surface area contributed by atoms with E-state index in [-0.39, 0.29) is 10.3 Å². The molecule has 102 valence electrons. The second kappa shape index (κ2) is 5.15. The summed E-state index contributed by atoms with van der Waals surface area (Å²) in [7, 11) is -3.71. The van der Waals surface area contributed by atoms with Crippen molar-refractivity contribution in [1.82, 2.24) is 4.72 Å². The van der Waals surface area contributed by atoms with Crippen LogP contribution in [-0.2, 0) is 10.0 Å². The molecule has 0 aliphatic rings. The summed E-state index contributed by atoms with van der Waals surface area (Å²) in [6.45, 7) is 6.65. The topological polar surface area (TPSA) is 46.2 Å². The highest BCUT2D eigenvalue weighted by atomic mass is 35.5. The number of benzene rings is 1. The van der Waals surface area contributed by atoms with Gasteiger partial charge in [0, 0.05) is 10.9 Å². The SMILES string of the molecule is Cc1cc(F)ccc1S(=O)(=O)NC(C)(C)C(C)Cl. The van der Waals surface area contributed by atoms with Crippen LogP contribution in [0.5, 0.6) is 0 Å². The van der Waals surface area contributed by atoms with Gasteiger partial charge >= 0.3 is 0 Å². The van der Waals surface area contributed by atoms with Crippen molar-refractivity contribution in [3.63, 3.8) is 0 Å². The third kappa shape index (κ3) is 3.43. The molecule has 1 aromatic carbocycles. The number of nitrogens with one attached hydrogen (secondary N) is 1. The van der Waals surface area contributed by atoms with Gasteiger partial charge in [0.2, 0.25) is 10.0 Å². The van der Waals surface area contributed by atoms with Crippen molar-refractivity contribution in [3.8, 4) is 0 Å². The maximum Gasteiger partial charge on any atom is 0.241 e. The van der Waals surface area contributed by atoms with Crippen molar-refractivity contribution >= 4 is 21.6 Å². The molecule has 1 atom stereocenters. The molecule has 1 unspecified atom stereocenters. The molecule has 0 saturated carbocycles. The molecule has 6 heteroatoms. The molecule has 0 fully saturated rings.